The van der Waals surface area contributed by atoms with Crippen LogP contribution in [-0.4, -0.2) is 79.6 Å². The molecule has 3 N–H and O–H groups in total. The highest BCUT2D eigenvalue weighted by molar-refractivity contribution is 5.97. The average molecular weight is 655 g/mol. The van der Waals surface area contributed by atoms with Gasteiger partial charge in [-0.2, -0.15) is 0 Å². The number of piperazine rings is 1. The number of phenolic OH excluding ortho intramolecular Hbond substituents is 1. The molecular weight excluding hydrogens is 616 g/mol. The van der Waals surface area contributed by atoms with Crippen LogP contribution in [0.3, 0.4) is 0 Å². The number of aromatic amines is 1. The fourth-order valence-electron chi connectivity index (χ4n) is 6.96. The Kier molecular flexibility index (Phi) is 8.87. The highest BCUT2D eigenvalue weighted by Crippen LogP contribution is 2.33. The zero-order valence-corrected chi connectivity index (χ0v) is 27.0. The van der Waals surface area contributed by atoms with E-state index in [1.165, 1.54) is 0 Å². The molecule has 0 radical (unpaired) electrons. The second-order valence-corrected chi connectivity index (χ2v) is 12.4. The lowest BCUT2D eigenvalue weighted by Crippen LogP contribution is -2.76. The number of nitrogens with zero attached hydrogens (tertiary/aromatic N) is 4. The van der Waals surface area contributed by atoms with Crippen molar-refractivity contribution >= 4 is 28.7 Å². The number of carbonyl (C=O) groups excluding carboxylic acids is 3. The van der Waals surface area contributed by atoms with Gasteiger partial charge in [0.2, 0.25) is 11.8 Å². The Morgan fingerprint density at radius 1 is 0.918 bits per heavy atom. The van der Waals surface area contributed by atoms with Crippen LogP contribution in [0.5, 0.6) is 5.75 Å². The lowest BCUT2D eigenvalue weighted by molar-refractivity contribution is -0.189. The fourth-order valence-corrected chi connectivity index (χ4v) is 6.96. The van der Waals surface area contributed by atoms with E-state index < -0.39 is 12.2 Å². The fraction of sp³-hybridized carbons (Fsp3) is 0.205. The molecule has 3 heterocycles. The van der Waals surface area contributed by atoms with Crippen LogP contribution in [0.25, 0.3) is 22.0 Å². The Morgan fingerprint density at radius 3 is 2.39 bits per heavy atom. The molecule has 10 nitrogen and oxygen atoms in total. The highest BCUT2D eigenvalue weighted by atomic mass is 16.3. The summed E-state index contributed by atoms with van der Waals surface area (Å²) in [4.78, 5) is 49.2. The van der Waals surface area contributed by atoms with Gasteiger partial charge >= 0.3 is 6.03 Å². The van der Waals surface area contributed by atoms with Gasteiger partial charge in [0, 0.05) is 43.2 Å². The van der Waals surface area contributed by atoms with Crippen molar-refractivity contribution in [2.24, 2.45) is 0 Å². The first-order chi connectivity index (χ1) is 23.9. The molecule has 0 aliphatic carbocycles. The van der Waals surface area contributed by atoms with E-state index in [2.05, 4.69) is 35.1 Å². The third kappa shape index (κ3) is 6.38. The van der Waals surface area contributed by atoms with Crippen LogP contribution in [0.4, 0.5) is 4.79 Å². The summed E-state index contributed by atoms with van der Waals surface area (Å²) in [5.41, 5.74) is 5.74. The number of benzene rings is 4. The van der Waals surface area contributed by atoms with Crippen molar-refractivity contribution in [3.8, 4) is 16.9 Å². The van der Waals surface area contributed by atoms with E-state index in [0.717, 1.165) is 38.7 Å². The number of hydrogen-bond donors (Lipinski definition) is 3. The molecule has 248 valence electrons. The SMILES string of the molecule is C=CCN1CC(=O)N2[C@@H](Cc3ccc(O)cc3)C(=O)N(Cc3cccc4c(-c5ccccc5)c[nH]c34)C[C@@H]2N1C(=O)NCc1ccccc1. The zero-order chi connectivity index (χ0) is 33.9. The van der Waals surface area contributed by atoms with Crippen LogP contribution in [-0.2, 0) is 29.1 Å². The van der Waals surface area contributed by atoms with Crippen LogP contribution >= 0.6 is 0 Å². The summed E-state index contributed by atoms with van der Waals surface area (Å²) in [7, 11) is 0. The van der Waals surface area contributed by atoms with E-state index in [4.69, 9.17) is 0 Å². The molecule has 2 aliphatic heterocycles. The summed E-state index contributed by atoms with van der Waals surface area (Å²) >= 11 is 0. The minimum atomic E-state index is -0.867. The number of para-hydroxylation sites is 1. The largest absolute Gasteiger partial charge is 0.508 e. The van der Waals surface area contributed by atoms with Crippen molar-refractivity contribution in [2.45, 2.75) is 31.7 Å². The molecule has 10 heteroatoms. The molecular formula is C39H38N6O4. The number of nitrogens with one attached hydrogen (secondary N) is 2. The van der Waals surface area contributed by atoms with Crippen LogP contribution in [0, 0.1) is 0 Å². The van der Waals surface area contributed by atoms with Gasteiger partial charge in [0.25, 0.3) is 0 Å². The molecule has 2 fully saturated rings. The smallest absolute Gasteiger partial charge is 0.334 e. The van der Waals surface area contributed by atoms with E-state index in [0.29, 0.717) is 6.54 Å². The maximum atomic E-state index is 14.5. The van der Waals surface area contributed by atoms with Gasteiger partial charge in [0.15, 0.2) is 0 Å². The van der Waals surface area contributed by atoms with Crippen LogP contribution in [0.2, 0.25) is 0 Å². The molecule has 0 spiro atoms. The lowest BCUT2D eigenvalue weighted by atomic mass is 9.97. The predicted molar refractivity (Wildman–Crippen MR) is 188 cm³/mol. The van der Waals surface area contributed by atoms with E-state index in [1.54, 1.807) is 50.2 Å². The van der Waals surface area contributed by atoms with Crippen molar-refractivity contribution in [2.75, 3.05) is 19.6 Å². The monoisotopic (exact) mass is 654 g/mol. The molecule has 1 aromatic heterocycles. The lowest BCUT2D eigenvalue weighted by Gasteiger charge is -2.55. The Labute approximate surface area is 284 Å². The number of H-pyrrole nitrogens is 1. The van der Waals surface area contributed by atoms with Gasteiger partial charge in [-0.25, -0.2) is 14.8 Å². The molecule has 2 aliphatic rings. The van der Waals surface area contributed by atoms with Gasteiger partial charge in [0.1, 0.15) is 18.0 Å². The number of phenols is 1. The Bertz CT molecular complexity index is 1980. The molecule has 7 rings (SSSR count). The van der Waals surface area contributed by atoms with E-state index in [9.17, 15) is 19.5 Å². The first-order valence-electron chi connectivity index (χ1n) is 16.4. The third-order valence-corrected chi connectivity index (χ3v) is 9.28. The van der Waals surface area contributed by atoms with Crippen molar-refractivity contribution < 1.29 is 19.5 Å². The first kappa shape index (κ1) is 31.7. The first-order valence-corrected chi connectivity index (χ1v) is 16.4. The zero-order valence-electron chi connectivity index (χ0n) is 27.0. The number of urea groups is 1. The van der Waals surface area contributed by atoms with Gasteiger partial charge in [-0.1, -0.05) is 97.1 Å². The Hall–Kier alpha value is -5.87. The summed E-state index contributed by atoms with van der Waals surface area (Å²) in [6.07, 6.45) is 3.11. The molecule has 4 aromatic carbocycles. The minimum Gasteiger partial charge on any atom is -0.508 e. The molecule has 5 aromatic rings. The molecule has 2 atom stereocenters. The van der Waals surface area contributed by atoms with Crippen molar-refractivity contribution in [1.29, 1.82) is 0 Å². The molecule has 0 unspecified atom stereocenters. The minimum absolute atomic E-state index is 0.0787. The van der Waals surface area contributed by atoms with Gasteiger partial charge in [-0.3, -0.25) is 9.59 Å². The van der Waals surface area contributed by atoms with Crippen molar-refractivity contribution in [3.63, 3.8) is 0 Å². The van der Waals surface area contributed by atoms with Gasteiger partial charge in [0.05, 0.1) is 18.6 Å². The molecule has 0 saturated carbocycles. The quantitative estimate of drug-likeness (QED) is 0.188. The summed E-state index contributed by atoms with van der Waals surface area (Å²) in [5, 5.41) is 17.3. The molecule has 2 saturated heterocycles. The number of hydrogen-bond acceptors (Lipinski definition) is 5. The van der Waals surface area contributed by atoms with E-state index >= 15 is 0 Å². The van der Waals surface area contributed by atoms with E-state index in [-0.39, 0.29) is 56.2 Å². The summed E-state index contributed by atoms with van der Waals surface area (Å²) in [5.74, 6) is -0.330. The van der Waals surface area contributed by atoms with Gasteiger partial charge in [-0.15, -0.1) is 6.58 Å². The standard InChI is InChI=1S/C39H38N6O4/c1-2-20-43-26-36(47)44-34(21-27-16-18-31(46)19-17-27)38(48)42(25-35(44)45(43)39(49)41-22-28-10-5-3-6-11-28)24-30-14-9-15-32-33(23-40-37(30)32)29-12-7-4-8-13-29/h2-19,23,34-35,40,46H,1,20-22,24-26H2,(H,41,49)/t34-,35-/m0/s1. The van der Waals surface area contributed by atoms with Gasteiger partial charge in [-0.05, 0) is 34.4 Å². The molecule has 4 amide bonds. The third-order valence-electron chi connectivity index (χ3n) is 9.28. The number of amides is 4. The van der Waals surface area contributed by atoms with Gasteiger partial charge < -0.3 is 25.2 Å². The predicted octanol–water partition coefficient (Wildman–Crippen LogP) is 5.28. The number of rotatable bonds is 9. The Balaban J connectivity index is 1.25. The van der Waals surface area contributed by atoms with Crippen LogP contribution in [0.1, 0.15) is 16.7 Å². The second kappa shape index (κ2) is 13.7. The van der Waals surface area contributed by atoms with Crippen molar-refractivity contribution in [1.82, 2.24) is 30.1 Å². The summed E-state index contributed by atoms with van der Waals surface area (Å²) < 4.78 is 0. The number of hydrazine groups is 1. The topological polar surface area (TPSA) is 112 Å². The average Bonchev–Trinajstić information content (AvgIpc) is 3.56. The van der Waals surface area contributed by atoms with Crippen LogP contribution in [0.15, 0.2) is 122 Å². The maximum absolute atomic E-state index is 14.5. The number of aromatic hydroxyl groups is 1. The second-order valence-electron chi connectivity index (χ2n) is 12.4. The van der Waals surface area contributed by atoms with Crippen LogP contribution < -0.4 is 5.32 Å². The number of aromatic nitrogens is 1. The molecule has 49 heavy (non-hydrogen) atoms. The summed E-state index contributed by atoms with van der Waals surface area (Å²) in [6, 6.07) is 31.2. The number of carbonyl (C=O) groups is 3. The summed E-state index contributed by atoms with van der Waals surface area (Å²) in [6.45, 7) is 4.76. The number of fused-ring (bicyclic) bond motifs is 2. The van der Waals surface area contributed by atoms with E-state index in [1.807, 2.05) is 66.9 Å². The molecule has 0 bridgehead atoms. The highest BCUT2D eigenvalue weighted by Gasteiger charge is 2.51. The Morgan fingerprint density at radius 2 is 1.65 bits per heavy atom. The maximum Gasteiger partial charge on any atom is 0.334 e. The normalized spacial score (nSPS) is 18.1. The van der Waals surface area contributed by atoms with Crippen molar-refractivity contribution in [3.05, 3.63) is 139 Å².